The van der Waals surface area contributed by atoms with Gasteiger partial charge in [-0.3, -0.25) is 9.69 Å². The topological polar surface area (TPSA) is 69.7 Å². The van der Waals surface area contributed by atoms with Crippen LogP contribution in [0.25, 0.3) is 0 Å². The summed E-state index contributed by atoms with van der Waals surface area (Å²) in [6.45, 7) is 4.76. The van der Waals surface area contributed by atoms with E-state index in [0.717, 1.165) is 39.0 Å². The van der Waals surface area contributed by atoms with Gasteiger partial charge in [0, 0.05) is 37.0 Å². The summed E-state index contributed by atoms with van der Waals surface area (Å²) in [6.07, 6.45) is 6.80. The van der Waals surface area contributed by atoms with Crippen LogP contribution in [0.5, 0.6) is 0 Å². The van der Waals surface area contributed by atoms with Crippen LogP contribution in [0.2, 0.25) is 0 Å². The van der Waals surface area contributed by atoms with Gasteiger partial charge in [-0.05, 0) is 62.6 Å². The Kier molecular flexibility index (Phi) is 8.01. The van der Waals surface area contributed by atoms with Crippen LogP contribution in [0.4, 0.5) is 0 Å². The van der Waals surface area contributed by atoms with E-state index in [1.807, 2.05) is 0 Å². The predicted molar refractivity (Wildman–Crippen MR) is 118 cm³/mol. The lowest BCUT2D eigenvalue weighted by Gasteiger charge is -2.33. The lowest BCUT2D eigenvalue weighted by atomic mass is 9.94. The van der Waals surface area contributed by atoms with Crippen LogP contribution < -0.4 is 5.32 Å². The van der Waals surface area contributed by atoms with Crippen LogP contribution >= 0.6 is 11.8 Å². The number of sulfonamides is 1. The molecule has 1 amide bonds. The highest BCUT2D eigenvalue weighted by Crippen LogP contribution is 2.24. The molecule has 29 heavy (non-hydrogen) atoms. The second-order valence-electron chi connectivity index (χ2n) is 8.21. The number of rotatable bonds is 7. The molecule has 1 aromatic rings. The van der Waals surface area contributed by atoms with Crippen molar-refractivity contribution in [3.63, 3.8) is 0 Å². The van der Waals surface area contributed by atoms with E-state index in [-0.39, 0.29) is 11.8 Å². The average Bonchev–Trinajstić information content (AvgIpc) is 2.73. The highest BCUT2D eigenvalue weighted by Gasteiger charge is 2.29. The molecule has 2 aliphatic rings. The van der Waals surface area contributed by atoms with Gasteiger partial charge in [0.15, 0.2) is 0 Å². The summed E-state index contributed by atoms with van der Waals surface area (Å²) in [7, 11) is -3.14. The number of likely N-dealkylation sites (tertiary alicyclic amines) is 1. The Bertz CT molecular complexity index is 784. The van der Waals surface area contributed by atoms with Gasteiger partial charge in [-0.25, -0.2) is 12.7 Å². The molecule has 1 aromatic carbocycles. The zero-order valence-electron chi connectivity index (χ0n) is 17.5. The molecule has 2 heterocycles. The number of nitrogens with one attached hydrogen (secondary N) is 1. The lowest BCUT2D eigenvalue weighted by Crippen LogP contribution is -2.44. The van der Waals surface area contributed by atoms with Gasteiger partial charge in [0.25, 0.3) is 0 Å². The molecule has 0 bridgehead atoms. The Balaban J connectivity index is 1.37. The molecule has 2 saturated heterocycles. The number of benzene rings is 1. The first-order chi connectivity index (χ1) is 13.9. The third-order valence-corrected chi connectivity index (χ3v) is 8.29. The molecule has 0 spiro atoms. The summed E-state index contributed by atoms with van der Waals surface area (Å²) in [4.78, 5) is 16.3. The quantitative estimate of drug-likeness (QED) is 0.661. The van der Waals surface area contributed by atoms with Gasteiger partial charge in [0.2, 0.25) is 15.9 Å². The fraction of sp³-hybridized carbons (Fsp3) is 0.667. The van der Waals surface area contributed by atoms with Gasteiger partial charge in [-0.1, -0.05) is 18.2 Å². The summed E-state index contributed by atoms with van der Waals surface area (Å²) in [5, 5.41) is 3.13. The molecule has 6 nitrogen and oxygen atoms in total. The fourth-order valence-electron chi connectivity index (χ4n) is 4.26. The minimum Gasteiger partial charge on any atom is -0.356 e. The van der Waals surface area contributed by atoms with Crippen molar-refractivity contribution in [1.82, 2.24) is 14.5 Å². The number of amides is 1. The Hall–Kier alpha value is -1.09. The Morgan fingerprint density at radius 2 is 1.76 bits per heavy atom. The molecule has 0 aliphatic carbocycles. The van der Waals surface area contributed by atoms with Gasteiger partial charge >= 0.3 is 0 Å². The molecule has 0 unspecified atom stereocenters. The Morgan fingerprint density at radius 3 is 2.38 bits per heavy atom. The number of hydrogen-bond donors (Lipinski definition) is 1. The zero-order chi connectivity index (χ0) is 20.9. The molecule has 8 heteroatoms. The minimum absolute atomic E-state index is 0.0591. The molecular weight excluding hydrogens is 406 g/mol. The predicted octanol–water partition coefficient (Wildman–Crippen LogP) is 2.41. The number of nitrogens with zero attached hydrogens (tertiary/aromatic N) is 2. The van der Waals surface area contributed by atoms with Crippen molar-refractivity contribution in [3.8, 4) is 0 Å². The van der Waals surface area contributed by atoms with E-state index in [2.05, 4.69) is 40.7 Å². The summed E-state index contributed by atoms with van der Waals surface area (Å²) in [5.41, 5.74) is 1.40. The highest BCUT2D eigenvalue weighted by molar-refractivity contribution is 7.98. The second-order valence-corrected chi connectivity index (χ2v) is 11.0. The van der Waals surface area contributed by atoms with Gasteiger partial charge in [-0.15, -0.1) is 11.8 Å². The molecular formula is C21H33N3O3S2. The van der Waals surface area contributed by atoms with Crippen molar-refractivity contribution in [2.75, 3.05) is 45.2 Å². The maximum absolute atomic E-state index is 12.5. The molecule has 162 valence electrons. The zero-order valence-corrected chi connectivity index (χ0v) is 19.1. The number of carbonyl (C=O) groups is 1. The first-order valence-electron chi connectivity index (χ1n) is 10.4. The summed E-state index contributed by atoms with van der Waals surface area (Å²) in [5.74, 6) is 0.563. The van der Waals surface area contributed by atoms with Crippen LogP contribution in [-0.2, 0) is 21.4 Å². The van der Waals surface area contributed by atoms with Crippen molar-refractivity contribution in [3.05, 3.63) is 29.8 Å². The van der Waals surface area contributed by atoms with E-state index in [9.17, 15) is 13.2 Å². The summed E-state index contributed by atoms with van der Waals surface area (Å²) < 4.78 is 24.7. The van der Waals surface area contributed by atoms with Crippen molar-refractivity contribution < 1.29 is 13.2 Å². The van der Waals surface area contributed by atoms with E-state index in [4.69, 9.17) is 0 Å². The summed E-state index contributed by atoms with van der Waals surface area (Å²) >= 11 is 1.80. The SMILES string of the molecule is CSc1ccccc1CN1CCC(CNC(=O)C2CCN(S(C)(=O)=O)CC2)CC1. The first kappa shape index (κ1) is 22.6. The highest BCUT2D eigenvalue weighted by atomic mass is 32.2. The maximum Gasteiger partial charge on any atom is 0.223 e. The third-order valence-electron chi connectivity index (χ3n) is 6.15. The van der Waals surface area contributed by atoms with Crippen molar-refractivity contribution in [2.24, 2.45) is 11.8 Å². The van der Waals surface area contributed by atoms with Crippen molar-refractivity contribution in [2.45, 2.75) is 37.1 Å². The van der Waals surface area contributed by atoms with E-state index < -0.39 is 10.0 Å². The second kappa shape index (κ2) is 10.3. The number of hydrogen-bond acceptors (Lipinski definition) is 5. The van der Waals surface area contributed by atoms with Crippen LogP contribution in [0.15, 0.2) is 29.2 Å². The molecule has 2 aliphatic heterocycles. The Morgan fingerprint density at radius 1 is 1.10 bits per heavy atom. The fourth-order valence-corrected chi connectivity index (χ4v) is 5.75. The Labute approximate surface area is 179 Å². The number of carbonyl (C=O) groups excluding carboxylic acids is 1. The average molecular weight is 440 g/mol. The van der Waals surface area contributed by atoms with Crippen LogP contribution in [0.1, 0.15) is 31.2 Å². The monoisotopic (exact) mass is 439 g/mol. The molecule has 0 atom stereocenters. The van der Waals surface area contributed by atoms with E-state index in [1.165, 1.54) is 21.0 Å². The standard InChI is InChI=1S/C21H33N3O3S2/c1-28-20-6-4-3-5-19(20)16-23-11-7-17(8-12-23)15-22-21(25)18-9-13-24(14-10-18)29(2,26)27/h3-6,17-18H,7-16H2,1-2H3,(H,22,25). The molecule has 1 N–H and O–H groups in total. The van der Waals surface area contributed by atoms with Crippen LogP contribution in [0, 0.1) is 11.8 Å². The number of thioether (sulfide) groups is 1. The van der Waals surface area contributed by atoms with Crippen LogP contribution in [0.3, 0.4) is 0 Å². The maximum atomic E-state index is 12.5. The molecule has 0 radical (unpaired) electrons. The molecule has 0 aromatic heterocycles. The minimum atomic E-state index is -3.14. The van der Waals surface area contributed by atoms with Crippen molar-refractivity contribution >= 4 is 27.7 Å². The first-order valence-corrected chi connectivity index (χ1v) is 13.5. The van der Waals surface area contributed by atoms with E-state index >= 15 is 0 Å². The van der Waals surface area contributed by atoms with E-state index in [1.54, 1.807) is 11.8 Å². The lowest BCUT2D eigenvalue weighted by molar-refractivity contribution is -0.126. The smallest absolute Gasteiger partial charge is 0.223 e. The van der Waals surface area contributed by atoms with Crippen molar-refractivity contribution in [1.29, 1.82) is 0 Å². The van der Waals surface area contributed by atoms with Gasteiger partial charge in [0.05, 0.1) is 6.26 Å². The van der Waals surface area contributed by atoms with E-state index in [0.29, 0.717) is 31.8 Å². The normalized spacial score (nSPS) is 20.6. The molecule has 2 fully saturated rings. The largest absolute Gasteiger partial charge is 0.356 e. The molecule has 0 saturated carbocycles. The molecule has 3 rings (SSSR count). The van der Waals surface area contributed by atoms with Gasteiger partial charge in [-0.2, -0.15) is 0 Å². The van der Waals surface area contributed by atoms with Crippen LogP contribution in [-0.4, -0.2) is 68.8 Å². The number of piperidine rings is 2. The summed E-state index contributed by atoms with van der Waals surface area (Å²) in [6, 6.07) is 8.60. The van der Waals surface area contributed by atoms with Gasteiger partial charge in [0.1, 0.15) is 0 Å². The van der Waals surface area contributed by atoms with Gasteiger partial charge < -0.3 is 5.32 Å². The third kappa shape index (κ3) is 6.44.